The number of aliphatic carboxylic acids is 1. The minimum Gasteiger partial charge on any atom is -0.481 e. The van der Waals surface area contributed by atoms with Crippen LogP contribution in [0.5, 0.6) is 0 Å². The summed E-state index contributed by atoms with van der Waals surface area (Å²) in [6.45, 7) is 9.62. The average molecular weight is 267 g/mol. The Bertz CT molecular complexity index is 478. The lowest BCUT2D eigenvalue weighted by molar-refractivity contribution is -0.147. The van der Waals surface area contributed by atoms with Crippen molar-refractivity contribution in [2.24, 2.45) is 5.41 Å². The molecule has 1 aliphatic heterocycles. The molecule has 1 atom stereocenters. The molecule has 1 N–H and O–H groups in total. The Morgan fingerprint density at radius 3 is 2.63 bits per heavy atom. The van der Waals surface area contributed by atoms with Crippen molar-refractivity contribution >= 4 is 5.97 Å². The number of hydrogen-bond donors (Lipinski definition) is 1. The van der Waals surface area contributed by atoms with Crippen LogP contribution in [0.25, 0.3) is 0 Å². The van der Waals surface area contributed by atoms with Crippen molar-refractivity contribution in [3.05, 3.63) is 11.8 Å². The van der Waals surface area contributed by atoms with Crippen LogP contribution < -0.4 is 0 Å². The second-order valence-corrected chi connectivity index (χ2v) is 6.58. The minimum atomic E-state index is -0.740. The van der Waals surface area contributed by atoms with Crippen molar-refractivity contribution in [2.45, 2.75) is 46.1 Å². The van der Waals surface area contributed by atoms with Gasteiger partial charge in [-0.1, -0.05) is 20.8 Å². The second-order valence-electron chi connectivity index (χ2n) is 6.58. The molecule has 2 rings (SSSR count). The van der Waals surface area contributed by atoms with Crippen LogP contribution in [0.1, 0.15) is 45.9 Å². The summed E-state index contributed by atoms with van der Waals surface area (Å²) >= 11 is 0. The quantitative estimate of drug-likeness (QED) is 0.897. The van der Waals surface area contributed by atoms with Gasteiger partial charge in [-0.25, -0.2) is 0 Å². The van der Waals surface area contributed by atoms with E-state index >= 15 is 0 Å². The summed E-state index contributed by atoms with van der Waals surface area (Å²) in [5, 5.41) is 17.3. The monoisotopic (exact) mass is 267 g/mol. The summed E-state index contributed by atoms with van der Waals surface area (Å²) in [5.41, 5.74) is -0.821. The molecule has 1 aromatic rings. The zero-order valence-corrected chi connectivity index (χ0v) is 11.9. The van der Waals surface area contributed by atoms with Crippen LogP contribution in [-0.2, 0) is 16.8 Å². The SMILES string of the molecule is CC1(C(=O)O)CCN(Cc2nnc(C(C)(C)C)o2)C1. The van der Waals surface area contributed by atoms with Crippen LogP contribution in [0.3, 0.4) is 0 Å². The van der Waals surface area contributed by atoms with Gasteiger partial charge in [0, 0.05) is 12.0 Å². The van der Waals surface area contributed by atoms with Gasteiger partial charge in [-0.3, -0.25) is 9.69 Å². The predicted molar refractivity (Wildman–Crippen MR) is 68.6 cm³/mol. The van der Waals surface area contributed by atoms with Crippen molar-refractivity contribution in [3.63, 3.8) is 0 Å². The van der Waals surface area contributed by atoms with Crippen LogP contribution in [0.4, 0.5) is 0 Å². The van der Waals surface area contributed by atoms with E-state index < -0.39 is 11.4 Å². The van der Waals surface area contributed by atoms with Gasteiger partial charge in [0.2, 0.25) is 11.8 Å². The van der Waals surface area contributed by atoms with Gasteiger partial charge < -0.3 is 9.52 Å². The molecule has 0 radical (unpaired) electrons. The topological polar surface area (TPSA) is 79.5 Å². The number of carbonyl (C=O) groups is 1. The Balaban J connectivity index is 2.00. The van der Waals surface area contributed by atoms with Gasteiger partial charge in [0.05, 0.1) is 12.0 Å². The highest BCUT2D eigenvalue weighted by Gasteiger charge is 2.40. The fourth-order valence-corrected chi connectivity index (χ4v) is 2.18. The van der Waals surface area contributed by atoms with Crippen LogP contribution in [-0.4, -0.2) is 39.3 Å². The molecule has 0 aromatic carbocycles. The predicted octanol–water partition coefficient (Wildman–Crippen LogP) is 1.66. The minimum absolute atomic E-state index is 0.161. The Kier molecular flexibility index (Phi) is 3.38. The molecule has 0 amide bonds. The van der Waals surface area contributed by atoms with Crippen molar-refractivity contribution in [2.75, 3.05) is 13.1 Å². The van der Waals surface area contributed by atoms with Gasteiger partial charge in [0.1, 0.15) is 0 Å². The molecule has 19 heavy (non-hydrogen) atoms. The van der Waals surface area contributed by atoms with Crippen molar-refractivity contribution in [3.8, 4) is 0 Å². The third kappa shape index (κ3) is 2.94. The largest absolute Gasteiger partial charge is 0.481 e. The van der Waals surface area contributed by atoms with Crippen LogP contribution >= 0.6 is 0 Å². The van der Waals surface area contributed by atoms with E-state index in [2.05, 4.69) is 10.2 Å². The lowest BCUT2D eigenvalue weighted by Crippen LogP contribution is -2.31. The van der Waals surface area contributed by atoms with E-state index in [-0.39, 0.29) is 5.41 Å². The van der Waals surface area contributed by atoms with Crippen molar-refractivity contribution < 1.29 is 14.3 Å². The van der Waals surface area contributed by atoms with Gasteiger partial charge in [-0.15, -0.1) is 10.2 Å². The second kappa shape index (κ2) is 4.59. The van der Waals surface area contributed by atoms with Gasteiger partial charge in [-0.05, 0) is 19.9 Å². The Morgan fingerprint density at radius 1 is 1.47 bits per heavy atom. The van der Waals surface area contributed by atoms with E-state index in [1.54, 1.807) is 6.92 Å². The number of hydrogen-bond acceptors (Lipinski definition) is 5. The molecule has 1 fully saturated rings. The van der Waals surface area contributed by atoms with E-state index in [1.165, 1.54) is 0 Å². The zero-order chi connectivity index (χ0) is 14.3. The summed E-state index contributed by atoms with van der Waals surface area (Å²) in [6.07, 6.45) is 0.655. The van der Waals surface area contributed by atoms with E-state index in [0.717, 1.165) is 6.54 Å². The molecule has 106 valence electrons. The van der Waals surface area contributed by atoms with Crippen molar-refractivity contribution in [1.82, 2.24) is 15.1 Å². The molecule has 6 heteroatoms. The maximum absolute atomic E-state index is 11.2. The Morgan fingerprint density at radius 2 is 2.16 bits per heavy atom. The maximum Gasteiger partial charge on any atom is 0.310 e. The number of likely N-dealkylation sites (tertiary alicyclic amines) is 1. The Labute approximate surface area is 112 Å². The molecule has 0 bridgehead atoms. The molecule has 0 aliphatic carbocycles. The first kappa shape index (κ1) is 14.0. The standard InChI is InChI=1S/C13H21N3O3/c1-12(2,3)10-15-14-9(19-10)7-16-6-5-13(4,8-16)11(17)18/h5-8H2,1-4H3,(H,17,18). The Hall–Kier alpha value is -1.43. The summed E-state index contributed by atoms with van der Waals surface area (Å²) < 4.78 is 5.63. The van der Waals surface area contributed by atoms with Crippen LogP contribution in [0.2, 0.25) is 0 Å². The van der Waals surface area contributed by atoms with Crippen molar-refractivity contribution in [1.29, 1.82) is 0 Å². The highest BCUT2D eigenvalue weighted by molar-refractivity contribution is 5.74. The number of rotatable bonds is 3. The van der Waals surface area contributed by atoms with Gasteiger partial charge in [0.15, 0.2) is 0 Å². The van der Waals surface area contributed by atoms with Gasteiger partial charge in [0.25, 0.3) is 0 Å². The fourth-order valence-electron chi connectivity index (χ4n) is 2.18. The third-order valence-corrected chi connectivity index (χ3v) is 3.54. The highest BCUT2D eigenvalue weighted by atomic mass is 16.4. The number of aromatic nitrogens is 2. The van der Waals surface area contributed by atoms with Gasteiger partial charge >= 0.3 is 5.97 Å². The molecule has 0 saturated carbocycles. The first-order chi connectivity index (χ1) is 8.71. The molecule has 0 spiro atoms. The lowest BCUT2D eigenvalue weighted by Gasteiger charge is -2.18. The first-order valence-electron chi connectivity index (χ1n) is 6.49. The summed E-state index contributed by atoms with van der Waals surface area (Å²) in [5.74, 6) is 0.429. The van der Waals surface area contributed by atoms with E-state index in [0.29, 0.717) is 31.3 Å². The van der Waals surface area contributed by atoms with Crippen LogP contribution in [0.15, 0.2) is 4.42 Å². The van der Waals surface area contributed by atoms with E-state index in [4.69, 9.17) is 4.42 Å². The smallest absolute Gasteiger partial charge is 0.310 e. The average Bonchev–Trinajstić information content (AvgIpc) is 2.86. The number of carboxylic acid groups (broad SMARTS) is 1. The first-order valence-corrected chi connectivity index (χ1v) is 6.49. The molecule has 1 unspecified atom stereocenters. The molecular formula is C13H21N3O3. The summed E-state index contributed by atoms with van der Waals surface area (Å²) in [4.78, 5) is 13.2. The highest BCUT2D eigenvalue weighted by Crippen LogP contribution is 2.31. The normalized spacial score (nSPS) is 24.8. The zero-order valence-electron chi connectivity index (χ0n) is 11.9. The maximum atomic E-state index is 11.2. The molecule has 2 heterocycles. The summed E-state index contributed by atoms with van der Waals surface area (Å²) in [7, 11) is 0. The molecular weight excluding hydrogens is 246 g/mol. The molecule has 1 aliphatic rings. The third-order valence-electron chi connectivity index (χ3n) is 3.54. The molecule has 1 saturated heterocycles. The van der Waals surface area contributed by atoms with E-state index in [1.807, 2.05) is 25.7 Å². The van der Waals surface area contributed by atoms with Crippen LogP contribution in [0, 0.1) is 5.41 Å². The number of carboxylic acids is 1. The number of nitrogens with zero attached hydrogens (tertiary/aromatic N) is 3. The van der Waals surface area contributed by atoms with Gasteiger partial charge in [-0.2, -0.15) is 0 Å². The lowest BCUT2D eigenvalue weighted by atomic mass is 9.90. The molecule has 6 nitrogen and oxygen atoms in total. The fraction of sp³-hybridized carbons (Fsp3) is 0.769. The summed E-state index contributed by atoms with van der Waals surface area (Å²) in [6, 6.07) is 0. The molecule has 1 aromatic heterocycles. The van der Waals surface area contributed by atoms with E-state index in [9.17, 15) is 9.90 Å².